The summed E-state index contributed by atoms with van der Waals surface area (Å²) >= 11 is 1.46. The van der Waals surface area contributed by atoms with Crippen LogP contribution in [0.4, 0.5) is 5.00 Å². The second-order valence-corrected chi connectivity index (χ2v) is 7.63. The Balaban J connectivity index is 1.71. The number of nitrogens with one attached hydrogen (secondary N) is 1. The Bertz CT molecular complexity index is 867. The number of hydrogen-bond acceptors (Lipinski definition) is 7. The number of ether oxygens (including phenoxy) is 1. The van der Waals surface area contributed by atoms with E-state index in [-0.39, 0.29) is 18.4 Å². The number of hydrogen-bond donors (Lipinski definition) is 1. The van der Waals surface area contributed by atoms with Gasteiger partial charge < -0.3 is 14.5 Å². The molecule has 0 aromatic carbocycles. The lowest BCUT2D eigenvalue weighted by molar-refractivity contribution is -0.117. The molecule has 28 heavy (non-hydrogen) atoms. The normalized spacial score (nSPS) is 12.6. The van der Waals surface area contributed by atoms with Crippen LogP contribution in [0.15, 0.2) is 22.8 Å². The van der Waals surface area contributed by atoms with Crippen LogP contribution in [0.2, 0.25) is 0 Å². The molecule has 1 aliphatic carbocycles. The number of furan rings is 1. The van der Waals surface area contributed by atoms with Crippen molar-refractivity contribution in [3.8, 4) is 6.07 Å². The maximum atomic E-state index is 12.7. The van der Waals surface area contributed by atoms with E-state index in [1.807, 2.05) is 11.0 Å². The molecule has 3 rings (SSSR count). The lowest BCUT2D eigenvalue weighted by Gasteiger charge is -2.19. The van der Waals surface area contributed by atoms with Crippen LogP contribution < -0.4 is 5.32 Å². The maximum absolute atomic E-state index is 12.7. The van der Waals surface area contributed by atoms with Gasteiger partial charge in [0.05, 0.1) is 37.6 Å². The zero-order valence-electron chi connectivity index (χ0n) is 15.8. The molecular formula is C20H23N3O4S. The number of nitrogens with zero attached hydrogens (tertiary/aromatic N) is 2. The highest BCUT2D eigenvalue weighted by atomic mass is 32.1. The highest BCUT2D eigenvalue weighted by molar-refractivity contribution is 7.17. The molecule has 1 N–H and O–H groups in total. The Morgan fingerprint density at radius 1 is 1.43 bits per heavy atom. The number of carbonyl (C=O) groups excluding carboxylic acids is 2. The Labute approximate surface area is 167 Å². The van der Waals surface area contributed by atoms with E-state index in [9.17, 15) is 9.59 Å². The number of anilines is 1. The first-order chi connectivity index (χ1) is 13.6. The highest BCUT2D eigenvalue weighted by Gasteiger charge is 2.28. The predicted octanol–water partition coefficient (Wildman–Crippen LogP) is 3.36. The molecule has 8 heteroatoms. The molecule has 1 aliphatic rings. The van der Waals surface area contributed by atoms with Crippen LogP contribution in [0.5, 0.6) is 0 Å². The van der Waals surface area contributed by atoms with Gasteiger partial charge in [-0.25, -0.2) is 4.79 Å². The first-order valence-corrected chi connectivity index (χ1v) is 10.2. The number of carbonyl (C=O) groups is 2. The molecule has 0 spiro atoms. The van der Waals surface area contributed by atoms with Gasteiger partial charge in [-0.1, -0.05) is 0 Å². The second kappa shape index (κ2) is 9.53. The van der Waals surface area contributed by atoms with Crippen molar-refractivity contribution in [1.82, 2.24) is 4.90 Å². The van der Waals surface area contributed by atoms with Crippen molar-refractivity contribution in [2.75, 3.05) is 25.0 Å². The van der Waals surface area contributed by atoms with E-state index in [0.717, 1.165) is 35.5 Å². The lowest BCUT2D eigenvalue weighted by atomic mass is 10.1. The summed E-state index contributed by atoms with van der Waals surface area (Å²) in [5.41, 5.74) is 1.51. The number of thiophene rings is 1. The maximum Gasteiger partial charge on any atom is 0.341 e. The van der Waals surface area contributed by atoms with E-state index in [4.69, 9.17) is 14.4 Å². The van der Waals surface area contributed by atoms with Crippen molar-refractivity contribution in [3.63, 3.8) is 0 Å². The van der Waals surface area contributed by atoms with Gasteiger partial charge in [0.25, 0.3) is 0 Å². The van der Waals surface area contributed by atoms with Gasteiger partial charge in [0.1, 0.15) is 10.8 Å². The Hall–Kier alpha value is -2.63. The van der Waals surface area contributed by atoms with Gasteiger partial charge in [0.2, 0.25) is 5.91 Å². The molecule has 0 unspecified atom stereocenters. The summed E-state index contributed by atoms with van der Waals surface area (Å²) in [7, 11) is 0. The molecule has 7 nitrogen and oxygen atoms in total. The van der Waals surface area contributed by atoms with Gasteiger partial charge in [-0.2, -0.15) is 5.26 Å². The highest BCUT2D eigenvalue weighted by Crippen LogP contribution is 2.39. The fourth-order valence-corrected chi connectivity index (χ4v) is 4.62. The van der Waals surface area contributed by atoms with Gasteiger partial charge in [0, 0.05) is 17.8 Å². The zero-order valence-corrected chi connectivity index (χ0v) is 16.6. The van der Waals surface area contributed by atoms with Crippen molar-refractivity contribution < 1.29 is 18.7 Å². The summed E-state index contributed by atoms with van der Waals surface area (Å²) in [4.78, 5) is 28.1. The third kappa shape index (κ3) is 4.80. The second-order valence-electron chi connectivity index (χ2n) is 6.53. The van der Waals surface area contributed by atoms with Crippen molar-refractivity contribution in [2.45, 2.75) is 39.2 Å². The zero-order chi connectivity index (χ0) is 19.9. The number of fused-ring (bicyclic) bond motifs is 1. The van der Waals surface area contributed by atoms with Crippen LogP contribution in [0.1, 0.15) is 46.3 Å². The van der Waals surface area contributed by atoms with E-state index in [2.05, 4.69) is 11.4 Å². The van der Waals surface area contributed by atoms with Crippen molar-refractivity contribution in [2.24, 2.45) is 0 Å². The molecule has 0 aliphatic heterocycles. The van der Waals surface area contributed by atoms with Gasteiger partial charge in [-0.05, 0) is 43.9 Å². The Morgan fingerprint density at radius 3 is 3.00 bits per heavy atom. The van der Waals surface area contributed by atoms with Gasteiger partial charge >= 0.3 is 5.97 Å². The SMILES string of the molecule is CCOC(=O)c1c(NC(=O)CN(CCC#N)Cc2ccco2)sc2c1CCC2. The molecule has 2 aromatic rings. The summed E-state index contributed by atoms with van der Waals surface area (Å²) < 4.78 is 10.5. The molecule has 2 heterocycles. The van der Waals surface area contributed by atoms with E-state index >= 15 is 0 Å². The molecule has 1 amide bonds. The average Bonchev–Trinajstić information content (AvgIpc) is 3.37. The van der Waals surface area contributed by atoms with E-state index in [0.29, 0.717) is 36.7 Å². The molecule has 0 fully saturated rings. The third-order valence-corrected chi connectivity index (χ3v) is 5.73. The van der Waals surface area contributed by atoms with Crippen molar-refractivity contribution in [1.29, 1.82) is 5.26 Å². The standard InChI is InChI=1S/C20H23N3O4S/c1-2-26-20(25)18-15-7-3-8-16(15)28-19(18)22-17(24)13-23(10-5-9-21)12-14-6-4-11-27-14/h4,6,11H,2-3,5,7-8,10,12-13H2,1H3,(H,22,24). The summed E-state index contributed by atoms with van der Waals surface area (Å²) in [5, 5.41) is 12.3. The molecule has 0 saturated carbocycles. The van der Waals surface area contributed by atoms with Crippen LogP contribution in [0.25, 0.3) is 0 Å². The molecule has 0 bridgehead atoms. The van der Waals surface area contributed by atoms with E-state index in [1.165, 1.54) is 11.3 Å². The van der Waals surface area contributed by atoms with Crippen molar-refractivity contribution >= 4 is 28.2 Å². The minimum absolute atomic E-state index is 0.104. The third-order valence-electron chi connectivity index (χ3n) is 4.52. The fourth-order valence-electron chi connectivity index (χ4n) is 3.33. The largest absolute Gasteiger partial charge is 0.468 e. The smallest absolute Gasteiger partial charge is 0.341 e. The first-order valence-electron chi connectivity index (χ1n) is 9.35. The monoisotopic (exact) mass is 401 g/mol. The van der Waals surface area contributed by atoms with Crippen LogP contribution in [-0.2, 0) is 28.9 Å². The molecule has 0 radical (unpaired) electrons. The fraction of sp³-hybridized carbons (Fsp3) is 0.450. The average molecular weight is 401 g/mol. The Kier molecular flexibility index (Phi) is 6.85. The van der Waals surface area contributed by atoms with Crippen LogP contribution in [0, 0.1) is 11.3 Å². The predicted molar refractivity (Wildman–Crippen MR) is 105 cm³/mol. The van der Waals surface area contributed by atoms with Gasteiger partial charge in [-0.3, -0.25) is 9.69 Å². The number of rotatable bonds is 9. The van der Waals surface area contributed by atoms with Gasteiger partial charge in [0.15, 0.2) is 0 Å². The molecule has 0 saturated heterocycles. The molecule has 0 atom stereocenters. The van der Waals surface area contributed by atoms with Gasteiger partial charge in [-0.15, -0.1) is 11.3 Å². The van der Waals surface area contributed by atoms with E-state index in [1.54, 1.807) is 19.3 Å². The quantitative estimate of drug-likeness (QED) is 0.647. The van der Waals surface area contributed by atoms with E-state index < -0.39 is 0 Å². The van der Waals surface area contributed by atoms with Crippen LogP contribution >= 0.6 is 11.3 Å². The van der Waals surface area contributed by atoms with Crippen molar-refractivity contribution in [3.05, 3.63) is 40.2 Å². The minimum Gasteiger partial charge on any atom is -0.468 e. The lowest BCUT2D eigenvalue weighted by Crippen LogP contribution is -2.33. The molecule has 148 valence electrons. The van der Waals surface area contributed by atoms with Crippen LogP contribution in [0.3, 0.4) is 0 Å². The summed E-state index contributed by atoms with van der Waals surface area (Å²) in [6.45, 7) is 3.06. The Morgan fingerprint density at radius 2 is 2.29 bits per heavy atom. The number of esters is 1. The summed E-state index contributed by atoms with van der Waals surface area (Å²) in [6.07, 6.45) is 4.68. The van der Waals surface area contributed by atoms with Crippen LogP contribution in [-0.4, -0.2) is 36.5 Å². The minimum atomic E-state index is -0.380. The molecule has 2 aromatic heterocycles. The topological polar surface area (TPSA) is 95.6 Å². The number of aryl methyl sites for hydroxylation is 1. The summed E-state index contributed by atoms with van der Waals surface area (Å²) in [5.74, 6) is 0.122. The first kappa shape index (κ1) is 20.1. The molecular weight excluding hydrogens is 378 g/mol. The summed E-state index contributed by atoms with van der Waals surface area (Å²) in [6, 6.07) is 5.72. The number of amides is 1. The number of nitriles is 1.